The molecule has 5 rings (SSSR count). The van der Waals surface area contributed by atoms with Crippen molar-refractivity contribution >= 4 is 5.91 Å². The SMILES string of the molecule is O=C(NCCn1nc(-c2cccnc2)n(C2CC2)c1=O)c1cc(-c2ccccc2)on1. The van der Waals surface area contributed by atoms with Crippen molar-refractivity contribution in [2.75, 3.05) is 6.54 Å². The maximum atomic E-state index is 12.9. The first-order valence-corrected chi connectivity index (χ1v) is 10.1. The summed E-state index contributed by atoms with van der Waals surface area (Å²) in [7, 11) is 0. The lowest BCUT2D eigenvalue weighted by Gasteiger charge is -2.02. The molecule has 0 aliphatic heterocycles. The predicted molar refractivity (Wildman–Crippen MR) is 112 cm³/mol. The van der Waals surface area contributed by atoms with E-state index in [0.29, 0.717) is 11.6 Å². The number of hydrogen-bond acceptors (Lipinski definition) is 6. The number of nitrogens with zero attached hydrogens (tertiary/aromatic N) is 5. The van der Waals surface area contributed by atoms with Crippen LogP contribution in [0.15, 0.2) is 70.2 Å². The number of amides is 1. The van der Waals surface area contributed by atoms with Gasteiger partial charge in [0.05, 0.1) is 6.54 Å². The maximum Gasteiger partial charge on any atom is 0.346 e. The zero-order chi connectivity index (χ0) is 21.2. The van der Waals surface area contributed by atoms with Crippen molar-refractivity contribution in [3.63, 3.8) is 0 Å². The van der Waals surface area contributed by atoms with E-state index >= 15 is 0 Å². The van der Waals surface area contributed by atoms with E-state index in [4.69, 9.17) is 4.52 Å². The zero-order valence-electron chi connectivity index (χ0n) is 16.6. The Morgan fingerprint density at radius 2 is 1.94 bits per heavy atom. The van der Waals surface area contributed by atoms with E-state index in [0.717, 1.165) is 24.0 Å². The first-order chi connectivity index (χ1) is 15.2. The van der Waals surface area contributed by atoms with Crippen LogP contribution in [-0.2, 0) is 6.54 Å². The lowest BCUT2D eigenvalue weighted by Crippen LogP contribution is -2.32. The topological polar surface area (TPSA) is 108 Å². The summed E-state index contributed by atoms with van der Waals surface area (Å²) in [5.41, 5.74) is 1.65. The number of carbonyl (C=O) groups is 1. The molecular weight excluding hydrogens is 396 g/mol. The van der Waals surface area contributed by atoms with E-state index in [9.17, 15) is 9.59 Å². The summed E-state index contributed by atoms with van der Waals surface area (Å²) in [4.78, 5) is 29.4. The Labute approximate surface area is 177 Å². The van der Waals surface area contributed by atoms with Gasteiger partial charge in [0, 0.05) is 42.2 Å². The smallest absolute Gasteiger partial charge is 0.346 e. The molecule has 9 heteroatoms. The number of carbonyl (C=O) groups excluding carboxylic acids is 1. The van der Waals surface area contributed by atoms with E-state index in [1.807, 2.05) is 42.5 Å². The minimum Gasteiger partial charge on any atom is -0.355 e. The summed E-state index contributed by atoms with van der Waals surface area (Å²) < 4.78 is 8.38. The predicted octanol–water partition coefficient (Wildman–Crippen LogP) is 2.53. The second kappa shape index (κ2) is 8.02. The van der Waals surface area contributed by atoms with Crippen molar-refractivity contribution in [1.29, 1.82) is 0 Å². The van der Waals surface area contributed by atoms with Crippen LogP contribution in [-0.4, -0.2) is 36.9 Å². The van der Waals surface area contributed by atoms with Crippen molar-refractivity contribution in [2.24, 2.45) is 0 Å². The molecule has 3 aromatic heterocycles. The Hall–Kier alpha value is -4.01. The van der Waals surface area contributed by atoms with Crippen LogP contribution in [0.1, 0.15) is 29.4 Å². The molecule has 0 spiro atoms. The normalized spacial score (nSPS) is 13.3. The highest BCUT2D eigenvalue weighted by Crippen LogP contribution is 2.36. The fourth-order valence-electron chi connectivity index (χ4n) is 3.41. The van der Waals surface area contributed by atoms with E-state index in [1.54, 1.807) is 23.0 Å². The van der Waals surface area contributed by atoms with Crippen molar-refractivity contribution in [3.05, 3.63) is 77.1 Å². The third-order valence-corrected chi connectivity index (χ3v) is 5.11. The molecule has 1 aliphatic carbocycles. The summed E-state index contributed by atoms with van der Waals surface area (Å²) in [5, 5.41) is 11.1. The van der Waals surface area contributed by atoms with Crippen molar-refractivity contribution in [1.82, 2.24) is 29.8 Å². The van der Waals surface area contributed by atoms with Crippen LogP contribution in [0.3, 0.4) is 0 Å². The molecule has 1 aliphatic rings. The average molecular weight is 416 g/mol. The summed E-state index contributed by atoms with van der Waals surface area (Å²) in [6, 6.07) is 14.9. The Morgan fingerprint density at radius 1 is 1.13 bits per heavy atom. The first-order valence-electron chi connectivity index (χ1n) is 10.1. The highest BCUT2D eigenvalue weighted by atomic mass is 16.5. The number of aromatic nitrogens is 5. The van der Waals surface area contributed by atoms with Crippen LogP contribution >= 0.6 is 0 Å². The minimum atomic E-state index is -0.368. The van der Waals surface area contributed by atoms with Crippen molar-refractivity contribution < 1.29 is 9.32 Å². The summed E-state index contributed by atoms with van der Waals surface area (Å²) in [6.07, 6.45) is 5.31. The van der Waals surface area contributed by atoms with Crippen LogP contribution in [0.2, 0.25) is 0 Å². The molecule has 9 nitrogen and oxygen atoms in total. The number of pyridine rings is 1. The van der Waals surface area contributed by atoms with Gasteiger partial charge in [-0.2, -0.15) is 0 Å². The Bertz CT molecular complexity index is 1260. The van der Waals surface area contributed by atoms with Gasteiger partial charge in [-0.05, 0) is 25.0 Å². The molecule has 156 valence electrons. The van der Waals surface area contributed by atoms with E-state index in [-0.39, 0.29) is 36.4 Å². The fourth-order valence-corrected chi connectivity index (χ4v) is 3.41. The molecule has 3 heterocycles. The molecule has 1 amide bonds. The van der Waals surface area contributed by atoms with Crippen molar-refractivity contribution in [3.8, 4) is 22.7 Å². The van der Waals surface area contributed by atoms with Crippen LogP contribution in [0.4, 0.5) is 0 Å². The van der Waals surface area contributed by atoms with Crippen LogP contribution in [0, 0.1) is 0 Å². The lowest BCUT2D eigenvalue weighted by atomic mass is 10.1. The van der Waals surface area contributed by atoms with Gasteiger partial charge in [-0.1, -0.05) is 35.5 Å². The molecule has 1 N–H and O–H groups in total. The number of rotatable bonds is 7. The molecule has 4 aromatic rings. The largest absolute Gasteiger partial charge is 0.355 e. The monoisotopic (exact) mass is 416 g/mol. The van der Waals surface area contributed by atoms with Gasteiger partial charge in [0.25, 0.3) is 5.91 Å². The standard InChI is InChI=1S/C22H20N6O3/c29-21(18-13-19(31-26-18)15-5-2-1-3-6-15)24-11-12-27-22(30)28(17-8-9-17)20(25-27)16-7-4-10-23-14-16/h1-7,10,13-14,17H,8-9,11-12H2,(H,24,29). The van der Waals surface area contributed by atoms with Gasteiger partial charge in [0.1, 0.15) is 0 Å². The van der Waals surface area contributed by atoms with E-state index in [2.05, 4.69) is 20.6 Å². The van der Waals surface area contributed by atoms with Crippen LogP contribution in [0.25, 0.3) is 22.7 Å². The molecular formula is C22H20N6O3. The van der Waals surface area contributed by atoms with Crippen LogP contribution < -0.4 is 11.0 Å². The first kappa shape index (κ1) is 19.0. The molecule has 1 aromatic carbocycles. The highest BCUT2D eigenvalue weighted by Gasteiger charge is 2.30. The quantitative estimate of drug-likeness (QED) is 0.496. The van der Waals surface area contributed by atoms with Gasteiger partial charge in [-0.25, -0.2) is 9.48 Å². The third kappa shape index (κ3) is 3.89. The van der Waals surface area contributed by atoms with Crippen molar-refractivity contribution in [2.45, 2.75) is 25.4 Å². The van der Waals surface area contributed by atoms with Gasteiger partial charge in [0.2, 0.25) is 0 Å². The zero-order valence-corrected chi connectivity index (χ0v) is 16.6. The summed E-state index contributed by atoms with van der Waals surface area (Å²) in [5.74, 6) is 0.760. The molecule has 1 fully saturated rings. The summed E-state index contributed by atoms with van der Waals surface area (Å²) in [6.45, 7) is 0.487. The number of hydrogen-bond donors (Lipinski definition) is 1. The number of nitrogens with one attached hydrogen (secondary N) is 1. The molecule has 0 atom stereocenters. The lowest BCUT2D eigenvalue weighted by molar-refractivity contribution is 0.0943. The van der Waals surface area contributed by atoms with Gasteiger partial charge in [-0.3, -0.25) is 14.3 Å². The molecule has 0 saturated heterocycles. The van der Waals surface area contributed by atoms with Gasteiger partial charge in [0.15, 0.2) is 17.3 Å². The Morgan fingerprint density at radius 3 is 2.68 bits per heavy atom. The van der Waals surface area contributed by atoms with Gasteiger partial charge in [-0.15, -0.1) is 5.10 Å². The molecule has 1 saturated carbocycles. The molecule has 31 heavy (non-hydrogen) atoms. The second-order valence-electron chi connectivity index (χ2n) is 7.37. The number of benzene rings is 1. The summed E-state index contributed by atoms with van der Waals surface area (Å²) >= 11 is 0. The maximum absolute atomic E-state index is 12.9. The van der Waals surface area contributed by atoms with E-state index < -0.39 is 0 Å². The van der Waals surface area contributed by atoms with Gasteiger partial charge < -0.3 is 9.84 Å². The highest BCUT2D eigenvalue weighted by molar-refractivity contribution is 5.93. The fraction of sp³-hybridized carbons (Fsp3) is 0.227. The minimum absolute atomic E-state index is 0.177. The Balaban J connectivity index is 1.27. The molecule has 0 radical (unpaired) electrons. The molecule has 0 bridgehead atoms. The molecule has 0 unspecified atom stereocenters. The third-order valence-electron chi connectivity index (χ3n) is 5.11. The second-order valence-corrected chi connectivity index (χ2v) is 7.37. The van der Waals surface area contributed by atoms with Crippen LogP contribution in [0.5, 0.6) is 0 Å². The average Bonchev–Trinajstić information content (AvgIpc) is 3.42. The van der Waals surface area contributed by atoms with E-state index in [1.165, 1.54) is 4.68 Å². The van der Waals surface area contributed by atoms with Gasteiger partial charge >= 0.3 is 5.69 Å². The Kier molecular flexibility index (Phi) is 4.91.